The molecule has 1 amide bonds. The van der Waals surface area contributed by atoms with Crippen molar-refractivity contribution in [2.24, 2.45) is 0 Å². The highest BCUT2D eigenvalue weighted by Crippen LogP contribution is 2.46. The van der Waals surface area contributed by atoms with Crippen LogP contribution in [-0.4, -0.2) is 39.3 Å². The van der Waals surface area contributed by atoms with Gasteiger partial charge in [0.2, 0.25) is 5.75 Å². The van der Waals surface area contributed by atoms with E-state index in [1.807, 2.05) is 18.2 Å². The summed E-state index contributed by atoms with van der Waals surface area (Å²) in [5.74, 6) is 0.610. The van der Waals surface area contributed by atoms with Crippen molar-refractivity contribution >= 4 is 11.9 Å². The number of hydrogen-bond donors (Lipinski definition) is 1. The predicted molar refractivity (Wildman–Crippen MR) is 98.3 cm³/mol. The van der Waals surface area contributed by atoms with Crippen LogP contribution in [0.4, 0.5) is 0 Å². The second kappa shape index (κ2) is 7.99. The summed E-state index contributed by atoms with van der Waals surface area (Å²) in [4.78, 5) is 23.8. The zero-order chi connectivity index (χ0) is 19.4. The molecule has 7 nitrogen and oxygen atoms in total. The predicted octanol–water partition coefficient (Wildman–Crippen LogP) is 2.56. The maximum Gasteiger partial charge on any atom is 0.344 e. The molecule has 1 aliphatic heterocycles. The highest BCUT2D eigenvalue weighted by molar-refractivity contribution is 6.01. The zero-order valence-electron chi connectivity index (χ0n) is 15.5. The van der Waals surface area contributed by atoms with Crippen LogP contribution in [0.5, 0.6) is 17.2 Å². The van der Waals surface area contributed by atoms with Crippen LogP contribution in [0.1, 0.15) is 22.8 Å². The normalized spacial score (nSPS) is 12.2. The van der Waals surface area contributed by atoms with E-state index in [-0.39, 0.29) is 19.1 Å². The molecule has 0 saturated carbocycles. The molecule has 142 valence electrons. The van der Waals surface area contributed by atoms with Gasteiger partial charge in [0.15, 0.2) is 18.1 Å². The highest BCUT2D eigenvalue weighted by atomic mass is 16.6. The summed E-state index contributed by atoms with van der Waals surface area (Å²) < 4.78 is 21.5. The lowest BCUT2D eigenvalue weighted by molar-refractivity contribution is -0.145. The van der Waals surface area contributed by atoms with Crippen molar-refractivity contribution in [3.63, 3.8) is 0 Å². The van der Waals surface area contributed by atoms with Crippen LogP contribution in [0, 0.1) is 0 Å². The largest absolute Gasteiger partial charge is 0.493 e. The van der Waals surface area contributed by atoms with Crippen molar-refractivity contribution in [1.82, 2.24) is 5.32 Å². The van der Waals surface area contributed by atoms with Crippen LogP contribution in [0.25, 0.3) is 11.1 Å². The van der Waals surface area contributed by atoms with Gasteiger partial charge in [-0.1, -0.05) is 12.1 Å². The van der Waals surface area contributed by atoms with Gasteiger partial charge in [0.25, 0.3) is 5.91 Å². The average molecular weight is 371 g/mol. The monoisotopic (exact) mass is 371 g/mol. The minimum absolute atomic E-state index is 0.110. The van der Waals surface area contributed by atoms with Gasteiger partial charge in [0, 0.05) is 17.7 Å². The van der Waals surface area contributed by atoms with Gasteiger partial charge in [-0.05, 0) is 36.2 Å². The van der Waals surface area contributed by atoms with Gasteiger partial charge in [-0.25, -0.2) is 4.79 Å². The molecule has 7 heteroatoms. The summed E-state index contributed by atoms with van der Waals surface area (Å²) in [6.45, 7) is 2.16. The molecule has 27 heavy (non-hydrogen) atoms. The smallest absolute Gasteiger partial charge is 0.344 e. The number of ether oxygens (including phenoxy) is 4. The number of rotatable bonds is 7. The van der Waals surface area contributed by atoms with Crippen molar-refractivity contribution in [1.29, 1.82) is 0 Å². The molecule has 2 aromatic rings. The molecule has 0 bridgehead atoms. The molecular weight excluding hydrogens is 350 g/mol. The fourth-order valence-electron chi connectivity index (χ4n) is 3.09. The van der Waals surface area contributed by atoms with Gasteiger partial charge in [0.1, 0.15) is 0 Å². The fraction of sp³-hybridized carbons (Fsp3) is 0.300. The molecular formula is C20H21NO6. The number of fused-ring (bicyclic) bond motifs is 1. The molecule has 0 radical (unpaired) electrons. The molecule has 0 aliphatic carbocycles. The summed E-state index contributed by atoms with van der Waals surface area (Å²) >= 11 is 0. The molecule has 1 N–H and O–H groups in total. The van der Waals surface area contributed by atoms with E-state index in [4.69, 9.17) is 18.9 Å². The van der Waals surface area contributed by atoms with Gasteiger partial charge < -0.3 is 24.3 Å². The molecule has 0 atom stereocenters. The quantitative estimate of drug-likeness (QED) is 0.753. The molecule has 3 rings (SSSR count). The van der Waals surface area contributed by atoms with Gasteiger partial charge in [-0.3, -0.25) is 4.79 Å². The molecule has 0 unspecified atom stereocenters. The number of amides is 1. The number of benzene rings is 2. The first-order chi connectivity index (χ1) is 13.1. The van der Waals surface area contributed by atoms with Crippen LogP contribution in [0.2, 0.25) is 0 Å². The summed E-state index contributed by atoms with van der Waals surface area (Å²) in [7, 11) is 3.02. The Hall–Kier alpha value is -3.22. The third-order valence-electron chi connectivity index (χ3n) is 4.28. The molecule has 0 aromatic heterocycles. The van der Waals surface area contributed by atoms with Crippen molar-refractivity contribution in [3.05, 3.63) is 41.5 Å². The Morgan fingerprint density at radius 1 is 1.04 bits per heavy atom. The van der Waals surface area contributed by atoms with Crippen LogP contribution in [-0.2, 0) is 16.1 Å². The Morgan fingerprint density at radius 2 is 1.81 bits per heavy atom. The second-order valence-electron chi connectivity index (χ2n) is 5.79. The number of hydrogen-bond acceptors (Lipinski definition) is 6. The standard InChI is InChI=1S/C20H21NO6/c1-4-26-17(22)11-27-18-13(8-9-16(24-2)19(18)25-3)12-6-5-7-14-15(12)10-21-20(14)23/h5-9H,4,10-11H2,1-3H3,(H,21,23). The Labute approximate surface area is 157 Å². The number of esters is 1. The topological polar surface area (TPSA) is 83.1 Å². The first-order valence-corrected chi connectivity index (χ1v) is 8.54. The number of carbonyl (C=O) groups excluding carboxylic acids is 2. The minimum atomic E-state index is -0.483. The Balaban J connectivity index is 2.10. The first-order valence-electron chi connectivity index (χ1n) is 8.54. The van der Waals surface area contributed by atoms with E-state index < -0.39 is 5.97 Å². The third kappa shape index (κ3) is 3.53. The second-order valence-corrected chi connectivity index (χ2v) is 5.79. The van der Waals surface area contributed by atoms with Crippen LogP contribution < -0.4 is 19.5 Å². The Morgan fingerprint density at radius 3 is 2.52 bits per heavy atom. The highest BCUT2D eigenvalue weighted by Gasteiger charge is 2.26. The fourth-order valence-corrected chi connectivity index (χ4v) is 3.09. The minimum Gasteiger partial charge on any atom is -0.493 e. The van der Waals surface area contributed by atoms with E-state index in [2.05, 4.69) is 5.32 Å². The lowest BCUT2D eigenvalue weighted by Crippen LogP contribution is -2.15. The van der Waals surface area contributed by atoms with Crippen LogP contribution in [0.15, 0.2) is 30.3 Å². The van der Waals surface area contributed by atoms with E-state index >= 15 is 0 Å². The maximum absolute atomic E-state index is 12.0. The van der Waals surface area contributed by atoms with E-state index in [9.17, 15) is 9.59 Å². The molecule has 2 aromatic carbocycles. The van der Waals surface area contributed by atoms with Gasteiger partial charge >= 0.3 is 5.97 Å². The van der Waals surface area contributed by atoms with Crippen molar-refractivity contribution < 1.29 is 28.5 Å². The SMILES string of the molecule is CCOC(=O)COc1c(-c2cccc3c2CNC3=O)ccc(OC)c1OC. The zero-order valence-corrected chi connectivity index (χ0v) is 15.5. The summed E-state index contributed by atoms with van der Waals surface area (Å²) in [5, 5.41) is 2.82. The van der Waals surface area contributed by atoms with E-state index in [0.29, 0.717) is 34.9 Å². The van der Waals surface area contributed by atoms with Crippen molar-refractivity contribution in [3.8, 4) is 28.4 Å². The molecule has 1 heterocycles. The van der Waals surface area contributed by atoms with Gasteiger partial charge in [0.05, 0.1) is 20.8 Å². The van der Waals surface area contributed by atoms with E-state index in [1.54, 1.807) is 19.1 Å². The lowest BCUT2D eigenvalue weighted by Gasteiger charge is -2.18. The maximum atomic E-state index is 12.0. The molecule has 0 spiro atoms. The van der Waals surface area contributed by atoms with Crippen LogP contribution >= 0.6 is 0 Å². The number of nitrogens with one attached hydrogen (secondary N) is 1. The number of carbonyl (C=O) groups is 2. The lowest BCUT2D eigenvalue weighted by atomic mass is 9.95. The number of methoxy groups -OCH3 is 2. The Kier molecular flexibility index (Phi) is 5.49. The van der Waals surface area contributed by atoms with Gasteiger partial charge in [-0.15, -0.1) is 0 Å². The van der Waals surface area contributed by atoms with E-state index in [1.165, 1.54) is 14.2 Å². The summed E-state index contributed by atoms with van der Waals surface area (Å²) in [5.41, 5.74) is 3.02. The Bertz CT molecular complexity index is 877. The molecule has 1 aliphatic rings. The summed E-state index contributed by atoms with van der Waals surface area (Å²) in [6, 6.07) is 9.07. The summed E-state index contributed by atoms with van der Waals surface area (Å²) in [6.07, 6.45) is 0. The average Bonchev–Trinajstić information content (AvgIpc) is 3.07. The third-order valence-corrected chi connectivity index (χ3v) is 4.28. The van der Waals surface area contributed by atoms with Crippen molar-refractivity contribution in [2.45, 2.75) is 13.5 Å². The molecule has 0 fully saturated rings. The molecule has 0 saturated heterocycles. The van der Waals surface area contributed by atoms with Crippen LogP contribution in [0.3, 0.4) is 0 Å². The van der Waals surface area contributed by atoms with Gasteiger partial charge in [-0.2, -0.15) is 0 Å². The van der Waals surface area contributed by atoms with E-state index in [0.717, 1.165) is 11.1 Å². The van der Waals surface area contributed by atoms with Crippen molar-refractivity contribution in [2.75, 3.05) is 27.4 Å². The first kappa shape index (κ1) is 18.6.